The molecule has 1 aromatic heterocycles. The van der Waals surface area contributed by atoms with Gasteiger partial charge < -0.3 is 4.90 Å². The van der Waals surface area contributed by atoms with Gasteiger partial charge in [0.25, 0.3) is 0 Å². The summed E-state index contributed by atoms with van der Waals surface area (Å²) in [5.41, 5.74) is -0.118. The zero-order valence-electron chi connectivity index (χ0n) is 12.0. The summed E-state index contributed by atoms with van der Waals surface area (Å²) in [4.78, 5) is 10.7. The summed E-state index contributed by atoms with van der Waals surface area (Å²) in [6, 6.07) is 1.81. The Balaban J connectivity index is 1.47. The van der Waals surface area contributed by atoms with Crippen LogP contribution in [0.1, 0.15) is 32.1 Å². The van der Waals surface area contributed by atoms with Crippen LogP contribution in [0.25, 0.3) is 0 Å². The summed E-state index contributed by atoms with van der Waals surface area (Å²) in [5, 5.41) is -0.0924. The van der Waals surface area contributed by atoms with Gasteiger partial charge in [-0.2, -0.15) is 4.31 Å². The summed E-state index contributed by atoms with van der Waals surface area (Å²) in [7, 11) is -3.04. The van der Waals surface area contributed by atoms with Gasteiger partial charge in [0.15, 0.2) is 0 Å². The fourth-order valence-corrected chi connectivity index (χ4v) is 5.79. The van der Waals surface area contributed by atoms with E-state index < -0.39 is 10.0 Å². The molecular weight excluding hydrogens is 288 g/mol. The molecule has 3 heterocycles. The van der Waals surface area contributed by atoms with Crippen molar-refractivity contribution in [1.82, 2.24) is 14.3 Å². The number of rotatable bonds is 3. The number of anilines is 1. The maximum Gasteiger partial charge on any atom is 0.225 e. The Kier molecular flexibility index (Phi) is 2.97. The Bertz CT molecular complexity index is 622. The molecule has 0 radical (unpaired) electrons. The van der Waals surface area contributed by atoms with Gasteiger partial charge in [0.2, 0.25) is 16.0 Å². The van der Waals surface area contributed by atoms with Crippen molar-refractivity contribution in [2.45, 2.75) is 42.9 Å². The number of nitrogens with zero attached hydrogens (tertiary/aromatic N) is 4. The van der Waals surface area contributed by atoms with E-state index in [-0.39, 0.29) is 10.8 Å². The zero-order valence-corrected chi connectivity index (χ0v) is 12.8. The van der Waals surface area contributed by atoms with Crippen molar-refractivity contribution >= 4 is 16.0 Å². The second-order valence-electron chi connectivity index (χ2n) is 6.33. The highest BCUT2D eigenvalue weighted by molar-refractivity contribution is 7.90. The van der Waals surface area contributed by atoms with E-state index in [0.29, 0.717) is 6.54 Å². The first-order valence-electron chi connectivity index (χ1n) is 7.65. The lowest BCUT2D eigenvalue weighted by Crippen LogP contribution is -2.66. The highest BCUT2D eigenvalue weighted by atomic mass is 32.2. The maximum atomic E-state index is 12.5. The predicted molar refractivity (Wildman–Crippen MR) is 79.5 cm³/mol. The number of hydrogen-bond acceptors (Lipinski definition) is 5. The minimum Gasteiger partial charge on any atom is -0.341 e. The molecule has 1 aliphatic carbocycles. The van der Waals surface area contributed by atoms with Gasteiger partial charge in [0, 0.05) is 37.6 Å². The molecule has 2 saturated heterocycles. The number of piperidine rings is 1. The van der Waals surface area contributed by atoms with Crippen LogP contribution in [0.3, 0.4) is 0 Å². The van der Waals surface area contributed by atoms with Gasteiger partial charge in [-0.1, -0.05) is 0 Å². The van der Waals surface area contributed by atoms with E-state index in [0.717, 1.165) is 51.1 Å². The SMILES string of the molecule is O=S(=O)(C1CC1)N1CCC12CCN(c1ncccn1)CC2. The first-order chi connectivity index (χ1) is 10.1. The molecule has 3 aliphatic rings. The Labute approximate surface area is 125 Å². The summed E-state index contributed by atoms with van der Waals surface area (Å²) >= 11 is 0. The van der Waals surface area contributed by atoms with Crippen LogP contribution in [-0.2, 0) is 10.0 Å². The van der Waals surface area contributed by atoms with Crippen LogP contribution in [0.4, 0.5) is 5.95 Å². The quantitative estimate of drug-likeness (QED) is 0.834. The second kappa shape index (κ2) is 4.64. The smallest absolute Gasteiger partial charge is 0.225 e. The predicted octanol–water partition coefficient (Wildman–Crippen LogP) is 1.01. The fourth-order valence-electron chi connectivity index (χ4n) is 3.54. The Hall–Kier alpha value is -1.21. The molecule has 4 rings (SSSR count). The Morgan fingerprint density at radius 3 is 2.19 bits per heavy atom. The van der Waals surface area contributed by atoms with Crippen LogP contribution in [0.5, 0.6) is 0 Å². The molecule has 0 atom stereocenters. The summed E-state index contributed by atoms with van der Waals surface area (Å²) in [6.45, 7) is 2.38. The van der Waals surface area contributed by atoms with Gasteiger partial charge in [0.1, 0.15) is 0 Å². The zero-order chi connectivity index (χ0) is 14.5. The van der Waals surface area contributed by atoms with Crippen LogP contribution in [0, 0.1) is 0 Å². The lowest BCUT2D eigenvalue weighted by molar-refractivity contribution is 0.0453. The van der Waals surface area contributed by atoms with Crippen molar-refractivity contribution in [3.8, 4) is 0 Å². The van der Waals surface area contributed by atoms with Crippen LogP contribution in [-0.4, -0.2) is 53.1 Å². The summed E-state index contributed by atoms with van der Waals surface area (Å²) < 4.78 is 26.8. The minimum atomic E-state index is -3.04. The average molecular weight is 308 g/mol. The molecule has 0 unspecified atom stereocenters. The van der Waals surface area contributed by atoms with E-state index in [1.54, 1.807) is 16.7 Å². The van der Waals surface area contributed by atoms with E-state index >= 15 is 0 Å². The molecule has 114 valence electrons. The molecule has 0 aromatic carbocycles. The number of aromatic nitrogens is 2. The maximum absolute atomic E-state index is 12.5. The standard InChI is InChI=1S/C14H20N4O2S/c19-21(20,12-2-3-12)18-11-6-14(18)4-9-17(10-5-14)13-15-7-1-8-16-13/h1,7-8,12H,2-6,9-11H2. The van der Waals surface area contributed by atoms with Crippen LogP contribution in [0.2, 0.25) is 0 Å². The first kappa shape index (κ1) is 13.5. The fraction of sp³-hybridized carbons (Fsp3) is 0.714. The first-order valence-corrected chi connectivity index (χ1v) is 9.16. The third-order valence-corrected chi connectivity index (χ3v) is 7.59. The third kappa shape index (κ3) is 2.14. The molecule has 2 aliphatic heterocycles. The molecule has 21 heavy (non-hydrogen) atoms. The molecule has 0 bridgehead atoms. The average Bonchev–Trinajstić information content (AvgIpc) is 3.32. The topological polar surface area (TPSA) is 66.4 Å². The molecule has 3 fully saturated rings. The Morgan fingerprint density at radius 1 is 1.05 bits per heavy atom. The van der Waals surface area contributed by atoms with Gasteiger partial charge in [-0.3, -0.25) is 0 Å². The molecule has 1 aromatic rings. The van der Waals surface area contributed by atoms with Gasteiger partial charge in [-0.05, 0) is 38.2 Å². The van der Waals surface area contributed by atoms with Crippen molar-refractivity contribution in [3.63, 3.8) is 0 Å². The van der Waals surface area contributed by atoms with Crippen molar-refractivity contribution in [2.24, 2.45) is 0 Å². The summed E-state index contributed by atoms with van der Waals surface area (Å²) in [6.07, 6.45) is 7.97. The minimum absolute atomic E-state index is 0.0924. The van der Waals surface area contributed by atoms with Crippen LogP contribution < -0.4 is 4.90 Å². The molecule has 1 saturated carbocycles. The van der Waals surface area contributed by atoms with E-state index in [4.69, 9.17) is 0 Å². The highest BCUT2D eigenvalue weighted by Crippen LogP contribution is 2.46. The van der Waals surface area contributed by atoms with E-state index in [2.05, 4.69) is 14.9 Å². The van der Waals surface area contributed by atoms with Gasteiger partial charge in [-0.15, -0.1) is 0 Å². The molecular formula is C14H20N4O2S. The molecule has 6 nitrogen and oxygen atoms in total. The Morgan fingerprint density at radius 2 is 1.67 bits per heavy atom. The number of sulfonamides is 1. The number of hydrogen-bond donors (Lipinski definition) is 0. The van der Waals surface area contributed by atoms with Gasteiger partial charge in [0.05, 0.1) is 5.25 Å². The lowest BCUT2D eigenvalue weighted by Gasteiger charge is -2.55. The van der Waals surface area contributed by atoms with E-state index in [1.807, 2.05) is 6.07 Å². The lowest BCUT2D eigenvalue weighted by atomic mass is 9.79. The van der Waals surface area contributed by atoms with Crippen molar-refractivity contribution in [2.75, 3.05) is 24.5 Å². The van der Waals surface area contributed by atoms with E-state index in [1.165, 1.54) is 0 Å². The highest BCUT2D eigenvalue weighted by Gasteiger charge is 2.55. The van der Waals surface area contributed by atoms with Crippen LogP contribution in [0.15, 0.2) is 18.5 Å². The van der Waals surface area contributed by atoms with Crippen molar-refractivity contribution < 1.29 is 8.42 Å². The second-order valence-corrected chi connectivity index (χ2v) is 8.46. The normalized spacial score (nSPS) is 25.8. The van der Waals surface area contributed by atoms with Gasteiger partial charge in [-0.25, -0.2) is 18.4 Å². The monoisotopic (exact) mass is 308 g/mol. The molecule has 0 N–H and O–H groups in total. The van der Waals surface area contributed by atoms with Gasteiger partial charge >= 0.3 is 0 Å². The van der Waals surface area contributed by atoms with E-state index in [9.17, 15) is 8.42 Å². The van der Waals surface area contributed by atoms with Crippen molar-refractivity contribution in [1.29, 1.82) is 0 Å². The third-order valence-electron chi connectivity index (χ3n) is 5.09. The molecule has 1 spiro atoms. The molecule has 7 heteroatoms. The van der Waals surface area contributed by atoms with Crippen molar-refractivity contribution in [3.05, 3.63) is 18.5 Å². The largest absolute Gasteiger partial charge is 0.341 e. The van der Waals surface area contributed by atoms with Crippen LogP contribution >= 0.6 is 0 Å². The summed E-state index contributed by atoms with van der Waals surface area (Å²) in [5.74, 6) is 0.753. The molecule has 0 amide bonds.